The van der Waals surface area contributed by atoms with E-state index in [1.807, 2.05) is 0 Å². The first kappa shape index (κ1) is 18.6. The van der Waals surface area contributed by atoms with E-state index in [1.54, 1.807) is 0 Å². The molecule has 0 saturated carbocycles. The molecule has 0 aliphatic heterocycles. The number of hydrogen-bond donors (Lipinski definition) is 0. The number of hydrogen-bond acceptors (Lipinski definition) is 0. The van der Waals surface area contributed by atoms with Gasteiger partial charge >= 0.3 is 18.9 Å². The van der Waals surface area contributed by atoms with Crippen LogP contribution in [-0.4, -0.2) is 6.71 Å². The number of allylic oxidation sites excluding steroid dienone is 2. The third-order valence-electron chi connectivity index (χ3n) is 3.84. The van der Waals surface area contributed by atoms with Gasteiger partial charge in [0.2, 0.25) is 0 Å². The van der Waals surface area contributed by atoms with Crippen LogP contribution >= 0.6 is 0 Å². The Kier molecular flexibility index (Phi) is 10.9. The summed E-state index contributed by atoms with van der Waals surface area (Å²) in [5, 5.41) is 0. The van der Waals surface area contributed by atoms with Gasteiger partial charge in [0.25, 0.3) is 0 Å². The Morgan fingerprint density at radius 2 is 1.25 bits per heavy atom. The van der Waals surface area contributed by atoms with Crippen LogP contribution in [0.15, 0.2) is 12.2 Å². The van der Waals surface area contributed by atoms with Gasteiger partial charge in [-0.25, -0.2) is 12.2 Å². The molecule has 0 aliphatic carbocycles. The van der Waals surface area contributed by atoms with Gasteiger partial charge in [-0.2, -0.15) is 0 Å². The SMILES string of the molecule is C/C=C/[CH-]B(C(C)C(C)C)C(C)C(C)C.[Li+]. The summed E-state index contributed by atoms with van der Waals surface area (Å²) in [7, 11) is 0. The van der Waals surface area contributed by atoms with Crippen molar-refractivity contribution in [1.29, 1.82) is 0 Å². The topological polar surface area (TPSA) is 0 Å². The van der Waals surface area contributed by atoms with E-state index in [1.165, 1.54) is 0 Å². The van der Waals surface area contributed by atoms with Crippen molar-refractivity contribution in [2.24, 2.45) is 11.8 Å². The van der Waals surface area contributed by atoms with Crippen LogP contribution < -0.4 is 18.9 Å². The molecule has 2 atom stereocenters. The van der Waals surface area contributed by atoms with Gasteiger partial charge < -0.3 is 0 Å². The smallest absolute Gasteiger partial charge is 0.252 e. The molecule has 0 N–H and O–H groups in total. The zero-order valence-electron chi connectivity index (χ0n) is 12.6. The van der Waals surface area contributed by atoms with Crippen LogP contribution in [-0.2, 0) is 0 Å². The van der Waals surface area contributed by atoms with E-state index in [9.17, 15) is 0 Å². The molecule has 0 heterocycles. The molecule has 0 fully saturated rings. The molecule has 0 aliphatic rings. The molecule has 2 unspecified atom stereocenters. The predicted molar refractivity (Wildman–Crippen MR) is 73.4 cm³/mol. The maximum atomic E-state index is 2.40. The van der Waals surface area contributed by atoms with Gasteiger partial charge in [-0.3, -0.25) is 6.32 Å². The average Bonchev–Trinajstić information content (AvgIpc) is 2.17. The average molecular weight is 214 g/mol. The second kappa shape index (κ2) is 9.32. The molecule has 0 nitrogen and oxygen atoms in total. The van der Waals surface area contributed by atoms with E-state index >= 15 is 0 Å². The van der Waals surface area contributed by atoms with Gasteiger partial charge in [0.1, 0.15) is 0 Å². The van der Waals surface area contributed by atoms with Gasteiger partial charge in [0.05, 0.1) is 6.71 Å². The van der Waals surface area contributed by atoms with E-state index in [0.29, 0.717) is 6.71 Å². The molecular weight excluding hydrogens is 186 g/mol. The van der Waals surface area contributed by atoms with E-state index in [0.717, 1.165) is 23.5 Å². The standard InChI is InChI=1S/C14H28B.Li/c1-8-9-10-15(13(6)11(2)3)14(7)12(4)5;/h8-14H,1-7H3;/q-1;+1/b9-8+;. The molecule has 0 aromatic heterocycles. The van der Waals surface area contributed by atoms with Crippen LogP contribution in [0.4, 0.5) is 0 Å². The van der Waals surface area contributed by atoms with Crippen molar-refractivity contribution in [1.82, 2.24) is 0 Å². The maximum Gasteiger partial charge on any atom is 1.00 e. The predicted octanol–water partition coefficient (Wildman–Crippen LogP) is 1.90. The van der Waals surface area contributed by atoms with Gasteiger partial charge in [-0.15, -0.1) is 6.92 Å². The van der Waals surface area contributed by atoms with E-state index in [-0.39, 0.29) is 18.9 Å². The summed E-state index contributed by atoms with van der Waals surface area (Å²) < 4.78 is 0. The summed E-state index contributed by atoms with van der Waals surface area (Å²) in [6.07, 6.45) is 6.74. The summed E-state index contributed by atoms with van der Waals surface area (Å²) in [5.74, 6) is 3.05. The fraction of sp³-hybridized carbons (Fsp3) is 0.786. The van der Waals surface area contributed by atoms with Crippen molar-refractivity contribution in [3.05, 3.63) is 18.5 Å². The van der Waals surface area contributed by atoms with Crippen LogP contribution in [0.25, 0.3) is 0 Å². The molecule has 88 valence electrons. The second-order valence-corrected chi connectivity index (χ2v) is 5.50. The van der Waals surface area contributed by atoms with Crippen molar-refractivity contribution in [3.8, 4) is 0 Å². The first-order valence-electron chi connectivity index (χ1n) is 6.37. The Morgan fingerprint density at radius 1 is 0.875 bits per heavy atom. The quantitative estimate of drug-likeness (QED) is 0.468. The Morgan fingerprint density at radius 3 is 1.50 bits per heavy atom. The minimum Gasteiger partial charge on any atom is -0.252 e. The van der Waals surface area contributed by atoms with Crippen molar-refractivity contribution in [2.45, 2.75) is 60.1 Å². The van der Waals surface area contributed by atoms with Crippen LogP contribution in [0.3, 0.4) is 0 Å². The first-order valence-corrected chi connectivity index (χ1v) is 6.37. The molecule has 0 radical (unpaired) electrons. The molecule has 0 aromatic rings. The summed E-state index contributed by atoms with van der Waals surface area (Å²) in [5.41, 5.74) is 0. The van der Waals surface area contributed by atoms with Crippen LogP contribution in [0.2, 0.25) is 11.6 Å². The van der Waals surface area contributed by atoms with Crippen LogP contribution in [0, 0.1) is 18.2 Å². The van der Waals surface area contributed by atoms with Crippen molar-refractivity contribution >= 4 is 6.71 Å². The first-order chi connectivity index (χ1) is 6.91. The molecular formula is C14H28BLi. The molecule has 16 heavy (non-hydrogen) atoms. The van der Waals surface area contributed by atoms with E-state index in [2.05, 4.69) is 66.9 Å². The summed E-state index contributed by atoms with van der Waals surface area (Å²) in [4.78, 5) is 0. The Labute approximate surface area is 116 Å². The fourth-order valence-electron chi connectivity index (χ4n) is 1.96. The molecule has 2 heteroatoms. The van der Waals surface area contributed by atoms with Gasteiger partial charge in [0, 0.05) is 0 Å². The normalized spacial score (nSPS) is 15.1. The molecule has 0 saturated heterocycles. The minimum absolute atomic E-state index is 0. The van der Waals surface area contributed by atoms with Crippen LogP contribution in [0.5, 0.6) is 0 Å². The van der Waals surface area contributed by atoms with Gasteiger partial charge in [-0.05, 0) is 0 Å². The molecule has 0 rings (SSSR count). The zero-order valence-corrected chi connectivity index (χ0v) is 12.6. The molecule has 0 aromatic carbocycles. The third kappa shape index (κ3) is 6.12. The Hall–Kier alpha value is 0.272. The van der Waals surface area contributed by atoms with Crippen molar-refractivity contribution in [3.63, 3.8) is 0 Å². The molecule has 0 spiro atoms. The minimum atomic E-state index is 0. The summed E-state index contributed by atoms with van der Waals surface area (Å²) in [6.45, 7) is 16.9. The fourth-order valence-corrected chi connectivity index (χ4v) is 1.96. The summed E-state index contributed by atoms with van der Waals surface area (Å²) >= 11 is 0. The van der Waals surface area contributed by atoms with E-state index in [4.69, 9.17) is 0 Å². The third-order valence-corrected chi connectivity index (χ3v) is 3.84. The van der Waals surface area contributed by atoms with Crippen molar-refractivity contribution < 1.29 is 18.9 Å². The Balaban J connectivity index is 0. The number of rotatable bonds is 6. The second-order valence-electron chi connectivity index (χ2n) is 5.50. The van der Waals surface area contributed by atoms with Gasteiger partial charge in [0.15, 0.2) is 0 Å². The van der Waals surface area contributed by atoms with E-state index < -0.39 is 0 Å². The Bertz CT molecular complexity index is 173. The molecule has 0 bridgehead atoms. The zero-order chi connectivity index (χ0) is 12.0. The molecule has 0 amide bonds. The van der Waals surface area contributed by atoms with Gasteiger partial charge in [-0.1, -0.05) is 65.0 Å². The van der Waals surface area contributed by atoms with Crippen molar-refractivity contribution in [2.75, 3.05) is 0 Å². The van der Waals surface area contributed by atoms with Crippen LogP contribution in [0.1, 0.15) is 48.5 Å². The monoisotopic (exact) mass is 214 g/mol. The summed E-state index contributed by atoms with van der Waals surface area (Å²) in [6, 6.07) is 0. The maximum absolute atomic E-state index is 2.40. The largest absolute Gasteiger partial charge is 1.00 e.